The summed E-state index contributed by atoms with van der Waals surface area (Å²) < 4.78 is 22.8. The number of carboxylic acid groups (broad SMARTS) is 1. The highest BCUT2D eigenvalue weighted by Crippen LogP contribution is 2.34. The van der Waals surface area contributed by atoms with Gasteiger partial charge in [-0.05, 0) is 50.1 Å². The zero-order valence-corrected chi connectivity index (χ0v) is 24.1. The number of hydrogen-bond acceptors (Lipinski definition) is 7. The Hall–Kier alpha value is -3.54. The number of aromatic carboxylic acids is 1. The Bertz CT molecular complexity index is 1510. The van der Waals surface area contributed by atoms with E-state index in [9.17, 15) is 9.90 Å². The molecule has 3 heterocycles. The molecule has 0 unspecified atom stereocenters. The van der Waals surface area contributed by atoms with Crippen molar-refractivity contribution in [1.82, 2.24) is 24.6 Å². The Morgan fingerprint density at radius 3 is 2.48 bits per heavy atom. The Morgan fingerprint density at radius 1 is 1.07 bits per heavy atom. The molecule has 9 nitrogen and oxygen atoms in total. The third-order valence-corrected chi connectivity index (χ3v) is 8.42. The number of halogens is 1. The van der Waals surface area contributed by atoms with Crippen LogP contribution in [0.5, 0.6) is 0 Å². The van der Waals surface area contributed by atoms with Crippen LogP contribution in [0.1, 0.15) is 10.4 Å². The number of ether oxygens (including phenoxy) is 1. The predicted octanol–water partition coefficient (Wildman–Crippen LogP) is 4.42. The van der Waals surface area contributed by atoms with Crippen LogP contribution in [-0.2, 0) is 11.5 Å². The molecule has 11 heteroatoms. The quantitative estimate of drug-likeness (QED) is 0.298. The van der Waals surface area contributed by atoms with Gasteiger partial charge in [-0.3, -0.25) is 0 Å². The number of anilines is 1. The minimum absolute atomic E-state index is 0.0234. The summed E-state index contributed by atoms with van der Waals surface area (Å²) in [6.07, 6.45) is 8.34. The van der Waals surface area contributed by atoms with E-state index in [2.05, 4.69) is 52.7 Å². The maximum Gasteiger partial charge on any atom is 0.338 e. The van der Waals surface area contributed by atoms with Crippen LogP contribution < -0.4 is 4.90 Å². The number of fused-ring (bicyclic) bond motifs is 1. The summed E-state index contributed by atoms with van der Waals surface area (Å²) in [5.74, 6) is -1.14. The van der Waals surface area contributed by atoms with Crippen molar-refractivity contribution in [2.45, 2.75) is 6.73 Å². The Morgan fingerprint density at radius 2 is 1.80 bits per heavy atom. The number of rotatable bonds is 9. The van der Waals surface area contributed by atoms with Crippen molar-refractivity contribution in [2.75, 3.05) is 69.3 Å². The summed E-state index contributed by atoms with van der Waals surface area (Å²) in [6, 6.07) is 12.4. The van der Waals surface area contributed by atoms with Gasteiger partial charge in [0.25, 0.3) is 0 Å². The second-order valence-electron chi connectivity index (χ2n) is 10.9. The number of hydrogen-bond donors (Lipinski definition) is 1. The number of carboxylic acids is 1. The highest BCUT2D eigenvalue weighted by atomic mass is 32.3. The molecule has 0 amide bonds. The summed E-state index contributed by atoms with van der Waals surface area (Å²) in [7, 11) is 1.45. The van der Waals surface area contributed by atoms with Gasteiger partial charge in [-0.25, -0.2) is 33.9 Å². The smallest absolute Gasteiger partial charge is 0.338 e. The molecule has 1 aliphatic rings. The molecule has 1 aliphatic heterocycles. The highest BCUT2D eigenvalue weighted by Gasteiger charge is 2.21. The van der Waals surface area contributed by atoms with Crippen LogP contribution in [0.3, 0.4) is 0 Å². The number of carbonyl (C=O) groups is 1. The first kappa shape index (κ1) is 28.0. The van der Waals surface area contributed by atoms with E-state index >= 15 is 4.39 Å². The van der Waals surface area contributed by atoms with Crippen molar-refractivity contribution in [1.29, 1.82) is 0 Å². The number of benzene rings is 2. The Kier molecular flexibility index (Phi) is 8.07. The number of likely N-dealkylation sites (N-methyl/N-ethyl adjacent to an activating group) is 1. The molecule has 1 N–H and O–H groups in total. The molecule has 1 fully saturated rings. The first-order chi connectivity index (χ1) is 19.1. The third kappa shape index (κ3) is 6.11. The molecule has 5 rings (SSSR count). The molecule has 4 aromatic rings. The van der Waals surface area contributed by atoms with E-state index in [1.807, 2.05) is 12.1 Å². The summed E-state index contributed by atoms with van der Waals surface area (Å²) in [4.78, 5) is 25.3. The van der Waals surface area contributed by atoms with Gasteiger partial charge in [-0.15, -0.1) is 0 Å². The highest BCUT2D eigenvalue weighted by molar-refractivity contribution is 8.32. The topological polar surface area (TPSA) is 96.6 Å². The van der Waals surface area contributed by atoms with E-state index in [1.54, 1.807) is 10.9 Å². The molecular weight excluding hydrogens is 531 g/mol. The van der Waals surface area contributed by atoms with Crippen molar-refractivity contribution in [3.05, 3.63) is 60.0 Å². The molecule has 0 radical (unpaired) electrons. The van der Waals surface area contributed by atoms with E-state index in [0.29, 0.717) is 23.3 Å². The zero-order chi connectivity index (χ0) is 28.4. The van der Waals surface area contributed by atoms with E-state index < -0.39 is 27.4 Å². The summed E-state index contributed by atoms with van der Waals surface area (Å²) in [5.41, 5.74) is 3.44. The average molecular weight is 567 g/mol. The Balaban J connectivity index is 1.52. The summed E-state index contributed by atoms with van der Waals surface area (Å²) in [6.45, 7) is 4.83. The number of nitrogens with zero attached hydrogens (tertiary/aromatic N) is 6. The van der Waals surface area contributed by atoms with E-state index in [-0.39, 0.29) is 18.1 Å². The van der Waals surface area contributed by atoms with E-state index in [1.165, 1.54) is 18.2 Å². The van der Waals surface area contributed by atoms with Crippen LogP contribution in [0.15, 0.2) is 48.7 Å². The van der Waals surface area contributed by atoms with E-state index in [4.69, 9.17) is 14.8 Å². The van der Waals surface area contributed by atoms with Gasteiger partial charge in [0.05, 0.1) is 23.9 Å². The minimum Gasteiger partial charge on any atom is -0.478 e. The van der Waals surface area contributed by atoms with Gasteiger partial charge in [0.2, 0.25) is 0 Å². The van der Waals surface area contributed by atoms with Crippen LogP contribution in [-0.4, -0.2) is 100 Å². The second kappa shape index (κ2) is 11.5. The molecular formula is C29H35FN6O3S. The standard InChI is InChI=1S/C29H35FN6O3S/c1-34-12-14-35(15-13-34)21-10-8-20(9-11-21)26-27-24(36(33-26)19-39-16-17-40(2,3)4)18-31-28(32-27)22-6-5-7-23(25(22)30)29(37)38/h5-11,18H,12-17,19H2,1-4H3,(H,37,38). The van der Waals surface area contributed by atoms with Crippen molar-refractivity contribution in [2.24, 2.45) is 0 Å². The average Bonchev–Trinajstić information content (AvgIpc) is 3.29. The predicted molar refractivity (Wildman–Crippen MR) is 159 cm³/mol. The normalized spacial score (nSPS) is 15.1. The molecule has 0 spiro atoms. The lowest BCUT2D eigenvalue weighted by molar-refractivity contribution is 0.0692. The second-order valence-corrected chi connectivity index (χ2v) is 15.5. The van der Waals surface area contributed by atoms with Crippen molar-refractivity contribution in [3.8, 4) is 22.6 Å². The van der Waals surface area contributed by atoms with Crippen LogP contribution in [0.4, 0.5) is 10.1 Å². The van der Waals surface area contributed by atoms with Gasteiger partial charge in [0.15, 0.2) is 5.82 Å². The first-order valence-corrected chi connectivity index (χ1v) is 16.2. The molecule has 0 saturated carbocycles. The molecule has 212 valence electrons. The molecule has 2 aromatic carbocycles. The van der Waals surface area contributed by atoms with Crippen LogP contribution in [0.25, 0.3) is 33.7 Å². The molecule has 2 aromatic heterocycles. The van der Waals surface area contributed by atoms with Crippen molar-refractivity contribution < 1.29 is 19.0 Å². The third-order valence-electron chi connectivity index (χ3n) is 7.03. The first-order valence-electron chi connectivity index (χ1n) is 13.1. The SMILES string of the molecule is CN1CCN(c2ccc(-c3nn(COCCS(C)(C)C)c4cnc(-c5cccc(C(=O)O)c5F)nc34)cc2)CC1. The fourth-order valence-corrected chi connectivity index (χ4v) is 5.23. The molecule has 0 aliphatic carbocycles. The number of aromatic nitrogens is 4. The van der Waals surface area contributed by atoms with Crippen molar-refractivity contribution >= 4 is 32.7 Å². The van der Waals surface area contributed by atoms with Gasteiger partial charge in [-0.1, -0.05) is 18.2 Å². The van der Waals surface area contributed by atoms with Gasteiger partial charge in [0.1, 0.15) is 29.3 Å². The summed E-state index contributed by atoms with van der Waals surface area (Å²) in [5, 5.41) is 14.2. The lowest BCUT2D eigenvalue weighted by atomic mass is 10.1. The summed E-state index contributed by atoms with van der Waals surface area (Å²) >= 11 is 0. The van der Waals surface area contributed by atoms with Gasteiger partial charge < -0.3 is 19.6 Å². The fourth-order valence-electron chi connectivity index (χ4n) is 4.61. The van der Waals surface area contributed by atoms with Crippen LogP contribution in [0.2, 0.25) is 0 Å². The Labute approximate surface area is 234 Å². The zero-order valence-electron chi connectivity index (χ0n) is 23.3. The van der Waals surface area contributed by atoms with Crippen LogP contribution in [0, 0.1) is 5.82 Å². The lowest BCUT2D eigenvalue weighted by Gasteiger charge is -2.34. The fraction of sp³-hybridized carbons (Fsp3) is 0.379. The van der Waals surface area contributed by atoms with Crippen molar-refractivity contribution in [3.63, 3.8) is 0 Å². The molecule has 1 saturated heterocycles. The van der Waals surface area contributed by atoms with Gasteiger partial charge in [-0.2, -0.15) is 5.10 Å². The maximum atomic E-state index is 15.1. The molecule has 40 heavy (non-hydrogen) atoms. The van der Waals surface area contributed by atoms with Crippen LogP contribution >= 0.6 is 10.0 Å². The van der Waals surface area contributed by atoms with Gasteiger partial charge in [0, 0.05) is 43.2 Å². The lowest BCUT2D eigenvalue weighted by Crippen LogP contribution is -2.44. The number of piperazine rings is 1. The molecule has 0 bridgehead atoms. The van der Waals surface area contributed by atoms with Gasteiger partial charge >= 0.3 is 5.97 Å². The largest absolute Gasteiger partial charge is 0.478 e. The minimum atomic E-state index is -1.34. The molecule has 0 atom stereocenters. The maximum absolute atomic E-state index is 15.1. The monoisotopic (exact) mass is 566 g/mol. The van der Waals surface area contributed by atoms with E-state index in [0.717, 1.165) is 43.2 Å².